The zero-order valence-corrected chi connectivity index (χ0v) is 10.5. The van der Waals surface area contributed by atoms with Gasteiger partial charge in [0.1, 0.15) is 0 Å². The van der Waals surface area contributed by atoms with Crippen LogP contribution < -0.4 is 0 Å². The first-order chi connectivity index (χ1) is 6.38. The van der Waals surface area contributed by atoms with Crippen molar-refractivity contribution in [3.63, 3.8) is 0 Å². The Morgan fingerprint density at radius 2 is 1.71 bits per heavy atom. The molecule has 3 heteroatoms. The van der Waals surface area contributed by atoms with Crippen molar-refractivity contribution in [1.29, 1.82) is 0 Å². The van der Waals surface area contributed by atoms with Crippen LogP contribution in [0.3, 0.4) is 0 Å². The zero-order chi connectivity index (χ0) is 10.8. The van der Waals surface area contributed by atoms with Crippen molar-refractivity contribution in [2.45, 2.75) is 30.6 Å². The van der Waals surface area contributed by atoms with Gasteiger partial charge in [-0.2, -0.15) is 0 Å². The molecule has 78 valence electrons. The monoisotopic (exact) mass is 228 g/mol. The second kappa shape index (κ2) is 4.49. The molecule has 1 atom stereocenters. The van der Waals surface area contributed by atoms with Crippen LogP contribution in [0, 0.1) is 5.41 Å². The summed E-state index contributed by atoms with van der Waals surface area (Å²) in [6.07, 6.45) is 0. The largest absolute Gasteiger partial charge is 0.254 e. The van der Waals surface area contributed by atoms with Crippen molar-refractivity contribution in [2.24, 2.45) is 5.41 Å². The summed E-state index contributed by atoms with van der Waals surface area (Å²) in [5.74, 6) is 0.693. The van der Waals surface area contributed by atoms with E-state index in [1.165, 1.54) is 0 Å². The van der Waals surface area contributed by atoms with E-state index in [1.807, 2.05) is 24.3 Å². The van der Waals surface area contributed by atoms with E-state index in [1.54, 1.807) is 0 Å². The van der Waals surface area contributed by atoms with Gasteiger partial charge in [-0.25, -0.2) is 0 Å². The molecule has 0 aliphatic rings. The van der Waals surface area contributed by atoms with Crippen LogP contribution in [-0.2, 0) is 10.8 Å². The maximum Gasteiger partial charge on any atom is 0.0534 e. The summed E-state index contributed by atoms with van der Waals surface area (Å²) >= 11 is 4.19. The average Bonchev–Trinajstić information content (AvgIpc) is 2.02. The molecule has 0 heterocycles. The first-order valence-corrected chi connectivity index (χ1v) is 6.32. The van der Waals surface area contributed by atoms with Crippen LogP contribution in [0.4, 0.5) is 0 Å². The molecule has 0 radical (unpaired) electrons. The van der Waals surface area contributed by atoms with Gasteiger partial charge in [0.2, 0.25) is 0 Å². The van der Waals surface area contributed by atoms with E-state index in [0.29, 0.717) is 5.75 Å². The molecule has 1 unspecified atom stereocenters. The molecule has 0 amide bonds. The Bertz CT molecular complexity index is 322. The highest BCUT2D eigenvalue weighted by Gasteiger charge is 2.15. The molecule has 1 aromatic carbocycles. The summed E-state index contributed by atoms with van der Waals surface area (Å²) < 4.78 is 11.9. The average molecular weight is 228 g/mol. The van der Waals surface area contributed by atoms with Crippen molar-refractivity contribution in [3.8, 4) is 0 Å². The van der Waals surface area contributed by atoms with E-state index < -0.39 is 10.8 Å². The van der Waals surface area contributed by atoms with E-state index in [4.69, 9.17) is 0 Å². The molecule has 1 rings (SSSR count). The summed E-state index contributed by atoms with van der Waals surface area (Å²) in [5, 5.41) is 0. The fourth-order valence-electron chi connectivity index (χ4n) is 1.07. The summed E-state index contributed by atoms with van der Waals surface area (Å²) in [6, 6.07) is 7.51. The smallest absolute Gasteiger partial charge is 0.0534 e. The standard InChI is InChI=1S/C11H16OS2/c1-11(2,3)8-14(12)10-6-4-9(13)5-7-10/h4-7,13H,8H2,1-3H3. The summed E-state index contributed by atoms with van der Waals surface area (Å²) in [6.45, 7) is 6.29. The molecule has 1 aromatic rings. The second-order valence-electron chi connectivity index (χ2n) is 4.54. The molecular formula is C11H16OS2. The minimum Gasteiger partial charge on any atom is -0.254 e. The third-order valence-corrected chi connectivity index (χ3v) is 3.89. The van der Waals surface area contributed by atoms with E-state index in [-0.39, 0.29) is 5.41 Å². The van der Waals surface area contributed by atoms with Gasteiger partial charge in [0.05, 0.1) is 10.8 Å². The summed E-state index contributed by atoms with van der Waals surface area (Å²) in [7, 11) is -0.895. The Kier molecular flexibility index (Phi) is 3.78. The molecule has 0 fully saturated rings. The predicted molar refractivity (Wildman–Crippen MR) is 64.4 cm³/mol. The molecule has 1 nitrogen and oxygen atoms in total. The van der Waals surface area contributed by atoms with Crippen LogP contribution in [0.1, 0.15) is 20.8 Å². The van der Waals surface area contributed by atoms with Crippen LogP contribution >= 0.6 is 12.6 Å². The highest BCUT2D eigenvalue weighted by atomic mass is 32.2. The molecule has 0 N–H and O–H groups in total. The lowest BCUT2D eigenvalue weighted by molar-refractivity contribution is 0.474. The van der Waals surface area contributed by atoms with Gasteiger partial charge in [-0.3, -0.25) is 4.21 Å². The van der Waals surface area contributed by atoms with Crippen LogP contribution in [0.2, 0.25) is 0 Å². The fraction of sp³-hybridized carbons (Fsp3) is 0.455. The van der Waals surface area contributed by atoms with Crippen molar-refractivity contribution >= 4 is 23.4 Å². The van der Waals surface area contributed by atoms with Crippen LogP contribution in [0.25, 0.3) is 0 Å². The minimum atomic E-state index is -0.895. The molecule has 0 spiro atoms. The number of rotatable bonds is 2. The van der Waals surface area contributed by atoms with Gasteiger partial charge in [-0.05, 0) is 29.7 Å². The normalized spacial score (nSPS) is 14.0. The van der Waals surface area contributed by atoms with Gasteiger partial charge < -0.3 is 0 Å². The third-order valence-electron chi connectivity index (χ3n) is 1.66. The molecule has 14 heavy (non-hydrogen) atoms. The lowest BCUT2D eigenvalue weighted by atomic mass is 10.0. The van der Waals surface area contributed by atoms with Gasteiger partial charge in [-0.15, -0.1) is 12.6 Å². The first kappa shape index (κ1) is 11.8. The molecule has 0 aromatic heterocycles. The van der Waals surface area contributed by atoms with Crippen LogP contribution in [0.5, 0.6) is 0 Å². The Morgan fingerprint density at radius 1 is 1.21 bits per heavy atom. The second-order valence-corrected chi connectivity index (χ2v) is 6.51. The Balaban J connectivity index is 2.76. The molecule has 0 bridgehead atoms. The predicted octanol–water partition coefficient (Wildman–Crippen LogP) is 3.13. The topological polar surface area (TPSA) is 17.1 Å². The Labute approximate surface area is 93.8 Å². The maximum absolute atomic E-state index is 11.9. The van der Waals surface area contributed by atoms with Crippen LogP contribution in [-0.4, -0.2) is 9.96 Å². The summed E-state index contributed by atoms with van der Waals surface area (Å²) in [4.78, 5) is 1.79. The summed E-state index contributed by atoms with van der Waals surface area (Å²) in [5.41, 5.74) is 0.102. The molecule has 0 saturated heterocycles. The van der Waals surface area contributed by atoms with Crippen molar-refractivity contribution < 1.29 is 4.21 Å². The van der Waals surface area contributed by atoms with Gasteiger partial charge in [0.15, 0.2) is 0 Å². The molecular weight excluding hydrogens is 212 g/mol. The van der Waals surface area contributed by atoms with Crippen molar-refractivity contribution in [1.82, 2.24) is 0 Å². The molecule has 0 aliphatic carbocycles. The van der Waals surface area contributed by atoms with E-state index in [2.05, 4.69) is 33.4 Å². The van der Waals surface area contributed by atoms with Crippen molar-refractivity contribution in [3.05, 3.63) is 24.3 Å². The minimum absolute atomic E-state index is 0.102. The fourth-order valence-corrected chi connectivity index (χ4v) is 2.62. The highest BCUT2D eigenvalue weighted by Crippen LogP contribution is 2.19. The SMILES string of the molecule is CC(C)(C)CS(=O)c1ccc(S)cc1. The van der Waals surface area contributed by atoms with Crippen molar-refractivity contribution in [2.75, 3.05) is 5.75 Å². The maximum atomic E-state index is 11.9. The molecule has 0 aliphatic heterocycles. The van der Waals surface area contributed by atoms with Gasteiger partial charge in [0, 0.05) is 15.5 Å². The van der Waals surface area contributed by atoms with Gasteiger partial charge >= 0.3 is 0 Å². The lowest BCUT2D eigenvalue weighted by Gasteiger charge is -2.17. The van der Waals surface area contributed by atoms with Gasteiger partial charge in [0.25, 0.3) is 0 Å². The number of benzene rings is 1. The Hall–Kier alpha value is -0.280. The first-order valence-electron chi connectivity index (χ1n) is 4.56. The number of hydrogen-bond acceptors (Lipinski definition) is 2. The number of thiol groups is 1. The number of hydrogen-bond donors (Lipinski definition) is 1. The van der Waals surface area contributed by atoms with E-state index >= 15 is 0 Å². The Morgan fingerprint density at radius 3 is 2.14 bits per heavy atom. The highest BCUT2D eigenvalue weighted by molar-refractivity contribution is 7.85. The zero-order valence-electron chi connectivity index (χ0n) is 8.78. The van der Waals surface area contributed by atoms with Gasteiger partial charge in [-0.1, -0.05) is 20.8 Å². The van der Waals surface area contributed by atoms with Crippen LogP contribution in [0.15, 0.2) is 34.1 Å². The van der Waals surface area contributed by atoms with E-state index in [0.717, 1.165) is 9.79 Å². The molecule has 0 saturated carbocycles. The van der Waals surface area contributed by atoms with E-state index in [9.17, 15) is 4.21 Å². The lowest BCUT2D eigenvalue weighted by Crippen LogP contribution is -2.16. The quantitative estimate of drug-likeness (QED) is 0.770. The third kappa shape index (κ3) is 3.84.